The first-order valence-corrected chi connectivity index (χ1v) is 10.9. The first-order valence-electron chi connectivity index (χ1n) is 10.9. The Labute approximate surface area is 210 Å². The molecule has 0 spiro atoms. The molecule has 0 aromatic carbocycles. The molecule has 0 aromatic heterocycles. The number of carbonyl (C=O) groups is 2. The Morgan fingerprint density at radius 2 is 1.11 bits per heavy atom. The Hall–Kier alpha value is 0.576. The maximum Gasteiger partial charge on any atom is 1.00 e. The molecule has 0 bridgehead atoms. The molecule has 0 aromatic rings. The summed E-state index contributed by atoms with van der Waals surface area (Å²) < 4.78 is 0. The molecule has 0 radical (unpaired) electrons. The third-order valence-corrected chi connectivity index (χ3v) is 5.50. The van der Waals surface area contributed by atoms with E-state index in [0.717, 1.165) is 19.3 Å². The van der Waals surface area contributed by atoms with Crippen molar-refractivity contribution in [3.8, 4) is 0 Å². The molecule has 0 rings (SSSR count). The number of hydrogen-bond acceptors (Lipinski definition) is 3. The van der Waals surface area contributed by atoms with Crippen LogP contribution in [-0.4, -0.2) is 29.9 Å². The van der Waals surface area contributed by atoms with Gasteiger partial charge in [0.15, 0.2) is 0 Å². The third kappa shape index (κ3) is 12.7. The van der Waals surface area contributed by atoms with Crippen molar-refractivity contribution in [2.75, 3.05) is 13.1 Å². The Morgan fingerprint density at radius 1 is 0.741 bits per heavy atom. The van der Waals surface area contributed by atoms with Gasteiger partial charge in [0.05, 0.1) is 11.4 Å². The van der Waals surface area contributed by atoms with Gasteiger partial charge in [0.25, 0.3) is 0 Å². The molecule has 0 aliphatic rings. The number of carbonyl (C=O) groups excluding carboxylic acids is 2. The van der Waals surface area contributed by atoms with Gasteiger partial charge in [-0.05, 0) is 27.2 Å². The predicted octanol–water partition coefficient (Wildman–Crippen LogP) is 1.71. The average molecular weight is 408 g/mol. The average Bonchev–Trinajstić information content (AvgIpc) is 2.63. The second-order valence-corrected chi connectivity index (χ2v) is 7.74. The number of nitrogens with zero attached hydrogens (tertiary/aromatic N) is 1. The summed E-state index contributed by atoms with van der Waals surface area (Å²) in [7, 11) is 0. The summed E-state index contributed by atoms with van der Waals surface area (Å²) in [6.07, 6.45) is 15.2. The van der Waals surface area contributed by atoms with Gasteiger partial charge < -0.3 is 14.8 Å². The molecule has 1 unspecified atom stereocenters. The zero-order chi connectivity index (χ0) is 19.8. The van der Waals surface area contributed by atoms with E-state index in [-0.39, 0.29) is 57.3 Å². The van der Waals surface area contributed by atoms with Crippen LogP contribution in [0.25, 0.3) is 0 Å². The fraction of sp³-hybridized carbons (Fsp3) is 0.909. The molecule has 0 fully saturated rings. The van der Waals surface area contributed by atoms with Gasteiger partial charge in [0.1, 0.15) is 0 Å². The molecule has 0 saturated carbocycles. The van der Waals surface area contributed by atoms with E-state index in [0.29, 0.717) is 19.5 Å². The maximum atomic E-state index is 12.5. The van der Waals surface area contributed by atoms with Crippen LogP contribution < -0.4 is 56.5 Å². The fourth-order valence-electron chi connectivity index (χ4n) is 3.48. The second kappa shape index (κ2) is 18.6. The zero-order valence-electron chi connectivity index (χ0n) is 18.8. The minimum Gasteiger partial charge on any atom is -0.549 e. The molecule has 1 atom stereocenters. The van der Waals surface area contributed by atoms with Gasteiger partial charge in [-0.25, -0.2) is 0 Å². The van der Waals surface area contributed by atoms with Gasteiger partial charge in [-0.1, -0.05) is 84.0 Å². The van der Waals surface area contributed by atoms with Crippen LogP contribution in [0.15, 0.2) is 0 Å². The second-order valence-electron chi connectivity index (χ2n) is 7.74. The molecule has 4 nitrogen and oxygen atoms in total. The van der Waals surface area contributed by atoms with Crippen molar-refractivity contribution >= 4 is 11.9 Å². The number of amides is 1. The molecule has 0 N–H and O–H groups in total. The van der Waals surface area contributed by atoms with E-state index >= 15 is 0 Å². The van der Waals surface area contributed by atoms with Gasteiger partial charge in [-0.15, -0.1) is 0 Å². The van der Waals surface area contributed by atoms with Crippen LogP contribution in [0.4, 0.5) is 0 Å². The van der Waals surface area contributed by atoms with Gasteiger partial charge in [-0.2, -0.15) is 0 Å². The molecule has 1 amide bonds. The van der Waals surface area contributed by atoms with Crippen LogP contribution >= 0.6 is 0 Å². The molecular weight excluding hydrogens is 365 g/mol. The summed E-state index contributed by atoms with van der Waals surface area (Å²) in [5.74, 6) is -1.54. The van der Waals surface area contributed by atoms with Crippen LogP contribution in [-0.2, 0) is 9.59 Å². The van der Waals surface area contributed by atoms with E-state index in [1.807, 2.05) is 13.8 Å². The molecule has 0 saturated heterocycles. The molecule has 0 heterocycles. The summed E-state index contributed by atoms with van der Waals surface area (Å²) >= 11 is 0. The number of carboxylic acids is 1. The van der Waals surface area contributed by atoms with Crippen LogP contribution in [0.5, 0.6) is 0 Å². The van der Waals surface area contributed by atoms with Gasteiger partial charge in [0.2, 0.25) is 5.91 Å². The number of aliphatic carboxylic acids is 1. The molecular formula is C22H42KNO3. The maximum absolute atomic E-state index is 12.5. The Balaban J connectivity index is 0. The van der Waals surface area contributed by atoms with E-state index in [9.17, 15) is 14.7 Å². The van der Waals surface area contributed by atoms with Crippen LogP contribution in [0.3, 0.4) is 0 Å². The number of rotatable bonds is 17. The topological polar surface area (TPSA) is 60.4 Å². The standard InChI is InChI=1S/C22H43NO3.K/c1-5-8-9-10-11-12-13-14-15-16-17-18-19-22(4,21(25)26)20(24)23(6-2)7-3;/h5-19H2,1-4H3,(H,25,26);/q;+1/p-1. The smallest absolute Gasteiger partial charge is 0.549 e. The molecule has 0 aliphatic carbocycles. The first-order chi connectivity index (χ1) is 12.4. The number of unbranched alkanes of at least 4 members (excludes halogenated alkanes) is 11. The van der Waals surface area contributed by atoms with Crippen molar-refractivity contribution in [1.82, 2.24) is 4.90 Å². The summed E-state index contributed by atoms with van der Waals surface area (Å²) in [5, 5.41) is 11.6. The minimum absolute atomic E-state index is 0. The Bertz CT molecular complexity index is 386. The van der Waals surface area contributed by atoms with Gasteiger partial charge in [-0.3, -0.25) is 4.79 Å². The first kappa shape index (κ1) is 29.8. The zero-order valence-corrected chi connectivity index (χ0v) is 21.9. The van der Waals surface area contributed by atoms with E-state index in [4.69, 9.17) is 0 Å². The van der Waals surface area contributed by atoms with Crippen molar-refractivity contribution in [2.45, 2.75) is 111 Å². The Morgan fingerprint density at radius 3 is 1.44 bits per heavy atom. The van der Waals surface area contributed by atoms with Crippen molar-refractivity contribution in [1.29, 1.82) is 0 Å². The Kier molecular flexibility index (Phi) is 20.5. The number of hydrogen-bond donors (Lipinski definition) is 0. The largest absolute Gasteiger partial charge is 1.00 e. The van der Waals surface area contributed by atoms with E-state index < -0.39 is 11.4 Å². The summed E-state index contributed by atoms with van der Waals surface area (Å²) in [6.45, 7) is 8.60. The fourth-order valence-corrected chi connectivity index (χ4v) is 3.48. The van der Waals surface area contributed by atoms with E-state index in [1.165, 1.54) is 64.7 Å². The SMILES string of the molecule is CCCCCCCCCCCCCCC(C)(C(=O)[O-])C(=O)N(CC)CC.[K+]. The van der Waals surface area contributed by atoms with E-state index in [2.05, 4.69) is 6.92 Å². The molecule has 5 heteroatoms. The van der Waals surface area contributed by atoms with Crippen molar-refractivity contribution in [3.63, 3.8) is 0 Å². The third-order valence-electron chi connectivity index (χ3n) is 5.50. The monoisotopic (exact) mass is 407 g/mol. The van der Waals surface area contributed by atoms with Crippen LogP contribution in [0, 0.1) is 5.41 Å². The molecule has 154 valence electrons. The van der Waals surface area contributed by atoms with Crippen molar-refractivity contribution < 1.29 is 66.1 Å². The summed E-state index contributed by atoms with van der Waals surface area (Å²) in [5.41, 5.74) is -1.38. The summed E-state index contributed by atoms with van der Waals surface area (Å²) in [6, 6.07) is 0. The minimum atomic E-state index is -1.38. The summed E-state index contributed by atoms with van der Waals surface area (Å²) in [4.78, 5) is 25.7. The number of carboxylic acid groups (broad SMARTS) is 1. The van der Waals surface area contributed by atoms with Gasteiger partial charge in [0, 0.05) is 13.1 Å². The van der Waals surface area contributed by atoms with Crippen molar-refractivity contribution in [3.05, 3.63) is 0 Å². The normalized spacial score (nSPS) is 12.9. The quantitative estimate of drug-likeness (QED) is 0.209. The predicted molar refractivity (Wildman–Crippen MR) is 107 cm³/mol. The van der Waals surface area contributed by atoms with Crippen LogP contribution in [0.1, 0.15) is 111 Å². The van der Waals surface area contributed by atoms with Gasteiger partial charge >= 0.3 is 51.4 Å². The molecule has 27 heavy (non-hydrogen) atoms. The van der Waals surface area contributed by atoms with Crippen LogP contribution in [0.2, 0.25) is 0 Å². The van der Waals surface area contributed by atoms with E-state index in [1.54, 1.807) is 4.90 Å². The molecule has 0 aliphatic heterocycles. The van der Waals surface area contributed by atoms with Crippen molar-refractivity contribution in [2.24, 2.45) is 5.41 Å².